The topological polar surface area (TPSA) is 78.9 Å². The van der Waals surface area contributed by atoms with Gasteiger partial charge in [-0.25, -0.2) is 4.79 Å². The second-order valence-electron chi connectivity index (χ2n) is 4.47. The predicted molar refractivity (Wildman–Crippen MR) is 59.3 cm³/mol. The Morgan fingerprint density at radius 1 is 1.35 bits per heavy atom. The molecule has 1 heterocycles. The summed E-state index contributed by atoms with van der Waals surface area (Å²) < 4.78 is 4.83. The van der Waals surface area contributed by atoms with Crippen molar-refractivity contribution in [2.75, 3.05) is 19.8 Å². The van der Waals surface area contributed by atoms with Crippen molar-refractivity contribution < 1.29 is 19.4 Å². The summed E-state index contributed by atoms with van der Waals surface area (Å²) in [6, 6.07) is -0.0970. The molecular weight excluding hydrogens is 224 g/mol. The third-order valence-corrected chi connectivity index (χ3v) is 3.03. The number of nitrogens with zero attached hydrogens (tertiary/aromatic N) is 1. The lowest BCUT2D eigenvalue weighted by atomic mass is 10.2. The van der Waals surface area contributed by atoms with Gasteiger partial charge < -0.3 is 15.2 Å². The summed E-state index contributed by atoms with van der Waals surface area (Å²) in [6.45, 7) is 0.331. The minimum Gasteiger partial charge on any atom is -0.447 e. The second kappa shape index (κ2) is 5.35. The van der Waals surface area contributed by atoms with Crippen LogP contribution in [-0.2, 0) is 9.53 Å². The van der Waals surface area contributed by atoms with E-state index in [1.165, 1.54) is 4.90 Å². The lowest BCUT2D eigenvalue weighted by molar-refractivity contribution is -0.125. The Morgan fingerprint density at radius 3 is 2.76 bits per heavy atom. The number of carbonyl (C=O) groups excluding carboxylic acids is 2. The molecule has 1 unspecified atom stereocenters. The third kappa shape index (κ3) is 3.09. The van der Waals surface area contributed by atoms with Crippen molar-refractivity contribution in [3.05, 3.63) is 0 Å². The molecule has 6 nitrogen and oxygen atoms in total. The molecule has 17 heavy (non-hydrogen) atoms. The van der Waals surface area contributed by atoms with Crippen LogP contribution >= 0.6 is 0 Å². The summed E-state index contributed by atoms with van der Waals surface area (Å²) in [4.78, 5) is 25.0. The maximum Gasteiger partial charge on any atom is 0.410 e. The Morgan fingerprint density at radius 2 is 2.12 bits per heavy atom. The Bertz CT molecular complexity index is 304. The molecule has 2 rings (SSSR count). The summed E-state index contributed by atoms with van der Waals surface area (Å²) in [5, 5.41) is 11.5. The van der Waals surface area contributed by atoms with Gasteiger partial charge in [-0.1, -0.05) is 0 Å². The monoisotopic (exact) mass is 242 g/mol. The van der Waals surface area contributed by atoms with Gasteiger partial charge in [-0.3, -0.25) is 9.69 Å². The van der Waals surface area contributed by atoms with E-state index in [1.807, 2.05) is 0 Å². The van der Waals surface area contributed by atoms with Crippen LogP contribution in [0.25, 0.3) is 0 Å². The van der Waals surface area contributed by atoms with E-state index in [1.54, 1.807) is 0 Å². The number of carbonyl (C=O) groups is 2. The number of aliphatic hydroxyl groups is 1. The molecule has 2 fully saturated rings. The average Bonchev–Trinajstić information content (AvgIpc) is 2.98. The fraction of sp³-hybridized carbons (Fsp3) is 0.818. The minimum absolute atomic E-state index is 0.0215. The minimum atomic E-state index is -0.507. The molecule has 2 amide bonds. The smallest absolute Gasteiger partial charge is 0.410 e. The lowest BCUT2D eigenvalue weighted by Gasteiger charge is -2.23. The van der Waals surface area contributed by atoms with Crippen molar-refractivity contribution in [3.8, 4) is 0 Å². The number of nitrogens with one attached hydrogen (secondary N) is 1. The number of rotatable bonds is 4. The number of amides is 2. The van der Waals surface area contributed by atoms with Crippen LogP contribution in [0.5, 0.6) is 0 Å². The Hall–Kier alpha value is -1.30. The molecule has 1 aliphatic carbocycles. The molecule has 1 saturated carbocycles. The number of likely N-dealkylation sites (tertiary alicyclic amines) is 1. The van der Waals surface area contributed by atoms with Gasteiger partial charge in [-0.15, -0.1) is 0 Å². The maximum atomic E-state index is 11.9. The zero-order chi connectivity index (χ0) is 12.3. The van der Waals surface area contributed by atoms with Crippen LogP contribution in [0.4, 0.5) is 4.79 Å². The largest absolute Gasteiger partial charge is 0.447 e. The molecule has 6 heteroatoms. The van der Waals surface area contributed by atoms with Gasteiger partial charge in [0, 0.05) is 12.6 Å². The molecule has 96 valence electrons. The molecule has 2 aliphatic rings. The van der Waals surface area contributed by atoms with E-state index in [0.717, 1.165) is 19.3 Å². The molecule has 0 aromatic carbocycles. The molecule has 1 atom stereocenters. The molecular formula is C11H18N2O4. The molecule has 0 aromatic heterocycles. The molecule has 2 N–H and O–H groups in total. The van der Waals surface area contributed by atoms with Crippen molar-refractivity contribution in [3.63, 3.8) is 0 Å². The van der Waals surface area contributed by atoms with Crippen LogP contribution in [0.2, 0.25) is 0 Å². The number of hydrogen-bond donors (Lipinski definition) is 2. The van der Waals surface area contributed by atoms with E-state index >= 15 is 0 Å². The molecule has 0 spiro atoms. The van der Waals surface area contributed by atoms with Gasteiger partial charge in [0.25, 0.3) is 0 Å². The first kappa shape index (κ1) is 12.2. The first-order valence-corrected chi connectivity index (χ1v) is 6.07. The molecule has 1 saturated heterocycles. The van der Waals surface area contributed by atoms with Gasteiger partial charge in [0.2, 0.25) is 5.91 Å². The van der Waals surface area contributed by atoms with Gasteiger partial charge in [-0.2, -0.15) is 0 Å². The van der Waals surface area contributed by atoms with Crippen molar-refractivity contribution in [2.24, 2.45) is 0 Å². The van der Waals surface area contributed by atoms with Crippen molar-refractivity contribution in [2.45, 2.75) is 37.8 Å². The Balaban J connectivity index is 1.86. The van der Waals surface area contributed by atoms with E-state index in [4.69, 9.17) is 9.84 Å². The number of hydrogen-bond acceptors (Lipinski definition) is 4. The predicted octanol–water partition coefficient (Wildman–Crippen LogP) is -0.142. The van der Waals surface area contributed by atoms with Gasteiger partial charge in [0.15, 0.2) is 0 Å². The van der Waals surface area contributed by atoms with Gasteiger partial charge in [0.05, 0.1) is 6.61 Å². The summed E-state index contributed by atoms with van der Waals surface area (Å²) in [6.07, 6.45) is 3.07. The lowest BCUT2D eigenvalue weighted by Crippen LogP contribution is -2.46. The van der Waals surface area contributed by atoms with Crippen LogP contribution < -0.4 is 5.32 Å². The maximum absolute atomic E-state index is 11.9. The summed E-state index contributed by atoms with van der Waals surface area (Å²) in [7, 11) is 0. The Labute approximate surface area is 99.9 Å². The standard InChI is InChI=1S/C11H18N2O4/c14-6-7-17-11(16)13-5-1-2-9(13)10(15)12-8-3-4-8/h8-9,14H,1-7H2,(H,12,15). The highest BCUT2D eigenvalue weighted by Crippen LogP contribution is 2.22. The third-order valence-electron chi connectivity index (χ3n) is 3.03. The van der Waals surface area contributed by atoms with Crippen molar-refractivity contribution in [1.29, 1.82) is 0 Å². The highest BCUT2D eigenvalue weighted by atomic mass is 16.6. The first-order valence-electron chi connectivity index (χ1n) is 6.07. The van der Waals surface area contributed by atoms with Crippen molar-refractivity contribution >= 4 is 12.0 Å². The zero-order valence-electron chi connectivity index (χ0n) is 9.72. The van der Waals surface area contributed by atoms with E-state index in [0.29, 0.717) is 19.0 Å². The van der Waals surface area contributed by atoms with Crippen LogP contribution in [0.15, 0.2) is 0 Å². The van der Waals surface area contributed by atoms with E-state index in [2.05, 4.69) is 5.32 Å². The molecule has 1 aliphatic heterocycles. The summed E-state index contributed by atoms with van der Waals surface area (Å²) in [5.41, 5.74) is 0. The molecule has 0 radical (unpaired) electrons. The SMILES string of the molecule is O=C(NC1CC1)C1CCCN1C(=O)OCCO. The fourth-order valence-electron chi connectivity index (χ4n) is 2.00. The van der Waals surface area contributed by atoms with Gasteiger partial charge in [0.1, 0.15) is 12.6 Å². The highest BCUT2D eigenvalue weighted by molar-refractivity contribution is 5.86. The van der Waals surface area contributed by atoms with Crippen LogP contribution in [0, 0.1) is 0 Å². The Kier molecular flexibility index (Phi) is 3.83. The van der Waals surface area contributed by atoms with Crippen LogP contribution in [-0.4, -0.2) is 53.8 Å². The van der Waals surface area contributed by atoms with E-state index < -0.39 is 12.1 Å². The van der Waals surface area contributed by atoms with E-state index in [-0.39, 0.29) is 19.1 Å². The van der Waals surface area contributed by atoms with Gasteiger partial charge in [-0.05, 0) is 25.7 Å². The molecule has 0 aromatic rings. The second-order valence-corrected chi connectivity index (χ2v) is 4.47. The number of aliphatic hydroxyl groups excluding tert-OH is 1. The zero-order valence-corrected chi connectivity index (χ0v) is 9.72. The average molecular weight is 242 g/mol. The molecule has 0 bridgehead atoms. The van der Waals surface area contributed by atoms with Gasteiger partial charge >= 0.3 is 6.09 Å². The quantitative estimate of drug-likeness (QED) is 0.719. The summed E-state index contributed by atoms with van der Waals surface area (Å²) >= 11 is 0. The van der Waals surface area contributed by atoms with Crippen LogP contribution in [0.1, 0.15) is 25.7 Å². The first-order chi connectivity index (χ1) is 8.22. The fourth-order valence-corrected chi connectivity index (χ4v) is 2.00. The summed E-state index contributed by atoms with van der Waals surface area (Å²) in [5.74, 6) is -0.0778. The van der Waals surface area contributed by atoms with E-state index in [9.17, 15) is 9.59 Å². The highest BCUT2D eigenvalue weighted by Gasteiger charge is 2.37. The van der Waals surface area contributed by atoms with Crippen LogP contribution in [0.3, 0.4) is 0 Å². The van der Waals surface area contributed by atoms with Crippen molar-refractivity contribution in [1.82, 2.24) is 10.2 Å². The normalized spacial score (nSPS) is 23.6. The number of ether oxygens (including phenoxy) is 1.